The number of rotatable bonds is 7. The van der Waals surface area contributed by atoms with Crippen molar-refractivity contribution in [3.8, 4) is 0 Å². The van der Waals surface area contributed by atoms with E-state index in [-0.39, 0.29) is 18.0 Å². The molecule has 1 aliphatic rings. The molecular formula is C23H35N3O3. The van der Waals surface area contributed by atoms with E-state index in [1.165, 1.54) is 6.39 Å². The van der Waals surface area contributed by atoms with Crippen LogP contribution in [0, 0.1) is 5.92 Å². The highest BCUT2D eigenvalue weighted by molar-refractivity contribution is 5.94. The molecule has 0 aliphatic carbocycles. The third kappa shape index (κ3) is 7.72. The van der Waals surface area contributed by atoms with Crippen LogP contribution in [0.4, 0.5) is 0 Å². The predicted octanol–water partition coefficient (Wildman–Crippen LogP) is 5.28. The molecule has 29 heavy (non-hydrogen) atoms. The standard InChI is InChI=1S/C18H27N3O3.C5H8/c1-6-9-15-13(19-11-24-15)10-14-17(22-7-2)21-16(12(4)5)18(20-14)23-8-3;1-3-5-4-2/h6,9,11-12,14,16H,7-8,10H2,1-5H3;3-5H,1H2,2H3/b9-6+;5-4-. The molecule has 0 spiro atoms. The number of oxazole rings is 1. The van der Waals surface area contributed by atoms with Crippen LogP contribution in [0.5, 0.6) is 0 Å². The van der Waals surface area contributed by atoms with Gasteiger partial charge in [0.05, 0.1) is 18.9 Å². The normalized spacial score (nSPS) is 19.0. The van der Waals surface area contributed by atoms with E-state index in [1.54, 1.807) is 6.08 Å². The molecule has 0 N–H and O–H groups in total. The maximum Gasteiger partial charge on any atom is 0.210 e. The Morgan fingerprint density at radius 2 is 1.79 bits per heavy atom. The molecule has 1 aliphatic heterocycles. The molecule has 6 heteroatoms. The topological polar surface area (TPSA) is 69.2 Å². The zero-order chi connectivity index (χ0) is 21.6. The van der Waals surface area contributed by atoms with E-state index in [0.29, 0.717) is 31.4 Å². The molecule has 6 nitrogen and oxygen atoms in total. The Kier molecular flexibility index (Phi) is 11.4. The number of nitrogens with zero attached hydrogens (tertiary/aromatic N) is 3. The maximum absolute atomic E-state index is 5.76. The van der Waals surface area contributed by atoms with E-state index in [9.17, 15) is 0 Å². The highest BCUT2D eigenvalue weighted by Gasteiger charge is 2.32. The van der Waals surface area contributed by atoms with Gasteiger partial charge >= 0.3 is 0 Å². The number of allylic oxidation sites excluding steroid dienone is 4. The highest BCUT2D eigenvalue weighted by atomic mass is 16.5. The molecule has 0 fully saturated rings. The van der Waals surface area contributed by atoms with Crippen molar-refractivity contribution in [3.05, 3.63) is 48.7 Å². The van der Waals surface area contributed by atoms with Gasteiger partial charge in [-0.05, 0) is 39.7 Å². The van der Waals surface area contributed by atoms with E-state index < -0.39 is 0 Å². The fraction of sp³-hybridized carbons (Fsp3) is 0.522. The van der Waals surface area contributed by atoms with Crippen LogP contribution in [0.1, 0.15) is 53.0 Å². The van der Waals surface area contributed by atoms with Crippen molar-refractivity contribution in [1.82, 2.24) is 4.98 Å². The lowest BCUT2D eigenvalue weighted by molar-refractivity contribution is 0.275. The molecule has 1 aromatic heterocycles. The van der Waals surface area contributed by atoms with Gasteiger partial charge in [0.2, 0.25) is 11.8 Å². The summed E-state index contributed by atoms with van der Waals surface area (Å²) in [5, 5.41) is 0. The fourth-order valence-electron chi connectivity index (χ4n) is 2.72. The highest BCUT2D eigenvalue weighted by Crippen LogP contribution is 2.21. The SMILES string of the molecule is C/C=C/c1ocnc1CC1N=C(OCC)C(C(C)C)N=C1OCC.C=C/C=C\C. The molecule has 0 aromatic carbocycles. The molecular weight excluding hydrogens is 366 g/mol. The van der Waals surface area contributed by atoms with Gasteiger partial charge < -0.3 is 13.9 Å². The molecule has 0 saturated carbocycles. The summed E-state index contributed by atoms with van der Waals surface area (Å²) in [4.78, 5) is 13.9. The average molecular weight is 402 g/mol. The Morgan fingerprint density at radius 3 is 2.31 bits per heavy atom. The van der Waals surface area contributed by atoms with E-state index in [1.807, 2.05) is 52.0 Å². The van der Waals surface area contributed by atoms with E-state index in [0.717, 1.165) is 11.5 Å². The van der Waals surface area contributed by atoms with Gasteiger partial charge in [-0.3, -0.25) is 0 Å². The largest absolute Gasteiger partial charge is 0.480 e. The first-order valence-corrected chi connectivity index (χ1v) is 10.2. The summed E-state index contributed by atoms with van der Waals surface area (Å²) in [6, 6.07) is -0.342. The van der Waals surface area contributed by atoms with Crippen molar-refractivity contribution in [1.29, 1.82) is 0 Å². The Balaban J connectivity index is 0.000000749. The lowest BCUT2D eigenvalue weighted by atomic mass is 10.0. The fourth-order valence-corrected chi connectivity index (χ4v) is 2.72. The molecule has 1 aromatic rings. The summed E-state index contributed by atoms with van der Waals surface area (Å²) < 4.78 is 16.9. The molecule has 0 bridgehead atoms. The van der Waals surface area contributed by atoms with Gasteiger partial charge in [-0.15, -0.1) is 0 Å². The minimum Gasteiger partial charge on any atom is -0.480 e. The maximum atomic E-state index is 5.76. The number of hydrogen-bond donors (Lipinski definition) is 0. The van der Waals surface area contributed by atoms with E-state index >= 15 is 0 Å². The van der Waals surface area contributed by atoms with Crippen LogP contribution in [0.25, 0.3) is 6.08 Å². The quantitative estimate of drug-likeness (QED) is 0.583. The lowest BCUT2D eigenvalue weighted by Gasteiger charge is -2.27. The predicted molar refractivity (Wildman–Crippen MR) is 120 cm³/mol. The molecule has 0 amide bonds. The van der Waals surface area contributed by atoms with Gasteiger partial charge in [-0.2, -0.15) is 0 Å². The van der Waals surface area contributed by atoms with Crippen LogP contribution in [0.2, 0.25) is 0 Å². The Hall–Kier alpha value is -2.63. The Labute approximate surface area is 175 Å². The third-order valence-corrected chi connectivity index (χ3v) is 4.01. The number of aliphatic imine (C=N–C) groups is 2. The monoisotopic (exact) mass is 401 g/mol. The van der Waals surface area contributed by atoms with Crippen molar-refractivity contribution < 1.29 is 13.9 Å². The van der Waals surface area contributed by atoms with Gasteiger partial charge in [0.15, 0.2) is 6.39 Å². The third-order valence-electron chi connectivity index (χ3n) is 4.01. The van der Waals surface area contributed by atoms with Crippen LogP contribution in [-0.4, -0.2) is 42.1 Å². The second-order valence-electron chi connectivity index (χ2n) is 6.63. The van der Waals surface area contributed by atoms with Gasteiger partial charge in [0, 0.05) is 6.42 Å². The Morgan fingerprint density at radius 1 is 1.10 bits per heavy atom. The van der Waals surface area contributed by atoms with Crippen molar-refractivity contribution in [3.63, 3.8) is 0 Å². The summed E-state index contributed by atoms with van der Waals surface area (Å²) in [6.45, 7) is 16.6. The molecule has 0 radical (unpaired) electrons. The molecule has 0 saturated heterocycles. The summed E-state index contributed by atoms with van der Waals surface area (Å²) >= 11 is 0. The van der Waals surface area contributed by atoms with Crippen LogP contribution in [0.15, 0.2) is 51.7 Å². The Bertz CT molecular complexity index is 729. The molecule has 160 valence electrons. The number of ether oxygens (including phenoxy) is 2. The van der Waals surface area contributed by atoms with Crippen molar-refractivity contribution in [2.45, 2.75) is 60.0 Å². The van der Waals surface area contributed by atoms with Crippen molar-refractivity contribution >= 4 is 17.9 Å². The zero-order valence-electron chi connectivity index (χ0n) is 18.6. The smallest absolute Gasteiger partial charge is 0.210 e. The first kappa shape index (κ1) is 24.4. The van der Waals surface area contributed by atoms with Gasteiger partial charge in [0.25, 0.3) is 0 Å². The molecule has 2 atom stereocenters. The summed E-state index contributed by atoms with van der Waals surface area (Å²) in [6.07, 6.45) is 11.4. The summed E-state index contributed by atoms with van der Waals surface area (Å²) in [5.74, 6) is 2.36. The number of aromatic nitrogens is 1. The van der Waals surface area contributed by atoms with E-state index in [4.69, 9.17) is 23.9 Å². The number of hydrogen-bond acceptors (Lipinski definition) is 6. The van der Waals surface area contributed by atoms with Crippen molar-refractivity contribution in [2.24, 2.45) is 15.9 Å². The van der Waals surface area contributed by atoms with Crippen LogP contribution in [0.3, 0.4) is 0 Å². The van der Waals surface area contributed by atoms with Crippen LogP contribution in [-0.2, 0) is 15.9 Å². The van der Waals surface area contributed by atoms with Crippen LogP contribution < -0.4 is 0 Å². The molecule has 2 heterocycles. The van der Waals surface area contributed by atoms with Gasteiger partial charge in [0.1, 0.15) is 17.8 Å². The second kappa shape index (κ2) is 13.5. The summed E-state index contributed by atoms with van der Waals surface area (Å²) in [5.41, 5.74) is 0.841. The minimum atomic E-state index is -0.240. The first-order chi connectivity index (χ1) is 14.0. The average Bonchev–Trinajstić information content (AvgIpc) is 3.12. The lowest BCUT2D eigenvalue weighted by Crippen LogP contribution is -2.39. The van der Waals surface area contributed by atoms with Crippen LogP contribution >= 0.6 is 0 Å². The minimum absolute atomic E-state index is 0.102. The van der Waals surface area contributed by atoms with Gasteiger partial charge in [-0.1, -0.05) is 44.7 Å². The van der Waals surface area contributed by atoms with E-state index in [2.05, 4.69) is 25.4 Å². The molecule has 2 unspecified atom stereocenters. The van der Waals surface area contributed by atoms with Gasteiger partial charge in [-0.25, -0.2) is 15.0 Å². The second-order valence-corrected chi connectivity index (χ2v) is 6.63. The summed E-state index contributed by atoms with van der Waals surface area (Å²) in [7, 11) is 0. The van der Waals surface area contributed by atoms with Crippen molar-refractivity contribution in [2.75, 3.05) is 13.2 Å². The molecule has 2 rings (SSSR count). The zero-order valence-corrected chi connectivity index (χ0v) is 18.6. The first-order valence-electron chi connectivity index (χ1n) is 10.2.